The second kappa shape index (κ2) is 7.83. The standard InChI is InChI=1S/C3H11As4O8/c1-7(2,11)15-6(13-4(8)9)14-5(10)12-3/h8-9H,1-3H3. The van der Waals surface area contributed by atoms with Crippen molar-refractivity contribution in [3.8, 4) is 0 Å². The fourth-order valence-electron chi connectivity index (χ4n) is 0.353. The predicted octanol–water partition coefficient (Wildman–Crippen LogP) is -1.82. The summed E-state index contributed by atoms with van der Waals surface area (Å²) in [6.07, 6.45) is 0. The third kappa shape index (κ3) is 10.5. The fourth-order valence-corrected chi connectivity index (χ4v) is 14.6. The summed E-state index contributed by atoms with van der Waals surface area (Å²) in [5.41, 5.74) is 2.74. The molecule has 0 aliphatic heterocycles. The van der Waals surface area contributed by atoms with Crippen LogP contribution in [-0.2, 0) is 19.4 Å². The van der Waals surface area contributed by atoms with E-state index in [4.69, 9.17) is 13.6 Å². The summed E-state index contributed by atoms with van der Waals surface area (Å²) in [4.78, 5) is 0. The summed E-state index contributed by atoms with van der Waals surface area (Å²) >= 11 is -13.2. The molecule has 0 saturated carbocycles. The first-order valence-corrected chi connectivity index (χ1v) is 15.7. The van der Waals surface area contributed by atoms with E-state index >= 15 is 0 Å². The van der Waals surface area contributed by atoms with Crippen molar-refractivity contribution in [1.29, 1.82) is 0 Å². The predicted molar refractivity (Wildman–Crippen MR) is 50.8 cm³/mol. The quantitative estimate of drug-likeness (QED) is 0.415. The van der Waals surface area contributed by atoms with Crippen molar-refractivity contribution in [3.05, 3.63) is 0 Å². The molecule has 0 aliphatic carbocycles. The summed E-state index contributed by atoms with van der Waals surface area (Å²) < 4.78 is 58.1. The Labute approximate surface area is 106 Å². The van der Waals surface area contributed by atoms with Gasteiger partial charge in [-0.15, -0.1) is 0 Å². The van der Waals surface area contributed by atoms with Crippen molar-refractivity contribution in [2.24, 2.45) is 0 Å². The average molecular weight is 475 g/mol. The van der Waals surface area contributed by atoms with Crippen molar-refractivity contribution in [3.63, 3.8) is 0 Å². The van der Waals surface area contributed by atoms with Gasteiger partial charge < -0.3 is 0 Å². The third-order valence-electron chi connectivity index (χ3n) is 0.685. The summed E-state index contributed by atoms with van der Waals surface area (Å²) in [6.45, 7) is 0. The van der Waals surface area contributed by atoms with E-state index < -0.39 is 60.5 Å². The van der Waals surface area contributed by atoms with E-state index in [1.165, 1.54) is 18.5 Å². The Morgan fingerprint density at radius 2 is 1.73 bits per heavy atom. The van der Waals surface area contributed by atoms with Crippen LogP contribution in [-0.4, -0.2) is 75.8 Å². The summed E-state index contributed by atoms with van der Waals surface area (Å²) in [7, 11) is 1.18. The first-order chi connectivity index (χ1) is 6.74. The van der Waals surface area contributed by atoms with Crippen molar-refractivity contribution in [2.45, 2.75) is 11.4 Å². The zero-order chi connectivity index (χ0) is 12.1. The molecule has 0 bridgehead atoms. The Balaban J connectivity index is 4.31. The minimum absolute atomic E-state index is 1.18. The second-order valence-corrected chi connectivity index (χ2v) is 17.7. The van der Waals surface area contributed by atoms with Gasteiger partial charge in [0.2, 0.25) is 0 Å². The van der Waals surface area contributed by atoms with Gasteiger partial charge in [0.15, 0.2) is 0 Å². The summed E-state index contributed by atoms with van der Waals surface area (Å²) in [6, 6.07) is 0. The Morgan fingerprint density at radius 3 is 2.07 bits per heavy atom. The van der Waals surface area contributed by atoms with Gasteiger partial charge in [-0.1, -0.05) is 0 Å². The van der Waals surface area contributed by atoms with Gasteiger partial charge in [-0.05, 0) is 0 Å². The molecule has 2 N–H and O–H groups in total. The van der Waals surface area contributed by atoms with E-state index in [0.29, 0.717) is 0 Å². The van der Waals surface area contributed by atoms with Gasteiger partial charge in [-0.2, -0.15) is 0 Å². The molecular weight excluding hydrogens is 464 g/mol. The minimum atomic E-state index is -3.49. The maximum absolute atomic E-state index is 11.3. The van der Waals surface area contributed by atoms with Crippen molar-refractivity contribution in [1.82, 2.24) is 0 Å². The summed E-state index contributed by atoms with van der Waals surface area (Å²) in [5.74, 6) is 0. The van der Waals surface area contributed by atoms with Crippen LogP contribution >= 0.6 is 0 Å². The monoisotopic (exact) mass is 475 g/mol. The molecule has 0 aromatic carbocycles. The van der Waals surface area contributed by atoms with E-state index in [0.717, 1.165) is 0 Å². The van der Waals surface area contributed by atoms with Crippen LogP contribution in [0, 0.1) is 0 Å². The molecule has 0 aliphatic rings. The van der Waals surface area contributed by atoms with E-state index in [1.54, 1.807) is 0 Å². The van der Waals surface area contributed by atoms with Crippen LogP contribution in [0.4, 0.5) is 0 Å². The van der Waals surface area contributed by atoms with Crippen LogP contribution in [0.1, 0.15) is 0 Å². The molecule has 0 aromatic rings. The van der Waals surface area contributed by atoms with Gasteiger partial charge in [0.25, 0.3) is 0 Å². The molecule has 12 heteroatoms. The van der Waals surface area contributed by atoms with Crippen LogP contribution in [0.5, 0.6) is 0 Å². The summed E-state index contributed by atoms with van der Waals surface area (Å²) in [5, 5.41) is 0. The molecule has 2 atom stereocenters. The second-order valence-electron chi connectivity index (χ2n) is 2.38. The normalized spacial score (nSPS) is 15.5. The van der Waals surface area contributed by atoms with Gasteiger partial charge in [-0.3, -0.25) is 0 Å². The first-order valence-electron chi connectivity index (χ1n) is 3.35. The van der Waals surface area contributed by atoms with Gasteiger partial charge in [-0.25, -0.2) is 0 Å². The van der Waals surface area contributed by atoms with E-state index in [-0.39, 0.29) is 0 Å². The average Bonchev–Trinajstić information content (AvgIpc) is 1.99. The van der Waals surface area contributed by atoms with E-state index in [1.807, 2.05) is 0 Å². The van der Waals surface area contributed by atoms with Gasteiger partial charge >= 0.3 is 107 Å². The molecule has 1 radical (unpaired) electrons. The number of hydrogen-bond donors (Lipinski definition) is 2. The van der Waals surface area contributed by atoms with Crippen LogP contribution in [0.25, 0.3) is 0 Å². The Kier molecular flexibility index (Phi) is 8.66. The molecular formula is C3H11As4O8. The molecule has 0 heterocycles. The molecule has 0 fully saturated rings. The molecule has 0 rings (SSSR count). The zero-order valence-corrected chi connectivity index (χ0v) is 15.6. The van der Waals surface area contributed by atoms with Gasteiger partial charge in [0.05, 0.1) is 0 Å². The number of hydrogen-bond acceptors (Lipinski definition) is 8. The molecule has 2 unspecified atom stereocenters. The Hall–Kier alpha value is 1.59. The van der Waals surface area contributed by atoms with Crippen LogP contribution < -0.4 is 0 Å². The van der Waals surface area contributed by atoms with Gasteiger partial charge in [0.1, 0.15) is 0 Å². The molecule has 0 aromatic heterocycles. The van der Waals surface area contributed by atoms with Crippen LogP contribution in [0.2, 0.25) is 11.4 Å². The topological polar surface area (TPSA) is 112 Å². The molecule has 91 valence electrons. The van der Waals surface area contributed by atoms with Crippen LogP contribution in [0.15, 0.2) is 0 Å². The molecule has 8 nitrogen and oxygen atoms in total. The third-order valence-corrected chi connectivity index (χ3v) is 15.3. The van der Waals surface area contributed by atoms with E-state index in [9.17, 15) is 7.48 Å². The maximum atomic E-state index is 11.3. The molecule has 0 spiro atoms. The van der Waals surface area contributed by atoms with Crippen molar-refractivity contribution >= 4 is 60.5 Å². The van der Waals surface area contributed by atoms with E-state index in [2.05, 4.69) is 6.44 Å². The van der Waals surface area contributed by atoms with Gasteiger partial charge in [0, 0.05) is 0 Å². The SMILES string of the molecule is CO[As](=O)O[As](O[As](O)O)O[As](C)(C)=O. The molecule has 0 amide bonds. The molecule has 15 heavy (non-hydrogen) atoms. The fraction of sp³-hybridized carbons (Fsp3) is 1.00. The Bertz CT molecular complexity index is 248. The van der Waals surface area contributed by atoms with Crippen LogP contribution in [0.3, 0.4) is 0 Å². The molecule has 0 saturated heterocycles. The van der Waals surface area contributed by atoms with Crippen molar-refractivity contribution < 1.29 is 27.5 Å². The first kappa shape index (κ1) is 16.6. The zero-order valence-electron chi connectivity index (χ0n) is 8.13. The Morgan fingerprint density at radius 1 is 1.20 bits per heavy atom. The number of rotatable bonds is 7. The van der Waals surface area contributed by atoms with Crippen molar-refractivity contribution in [2.75, 3.05) is 7.11 Å².